The second-order valence-electron chi connectivity index (χ2n) is 1.26. The minimum absolute atomic E-state index is 0. The molecule has 0 aliphatic carbocycles. The molecule has 2 nitrogen and oxygen atoms in total. The molecule has 1 unspecified atom stereocenters. The third-order valence-corrected chi connectivity index (χ3v) is 1.22. The Balaban J connectivity index is 0. The average molecular weight is 249 g/mol. The molecule has 0 rings (SSSR count). The third-order valence-electron chi connectivity index (χ3n) is 0.549. The minimum atomic E-state index is -5.97. The first kappa shape index (κ1) is 13.9. The van der Waals surface area contributed by atoms with E-state index < -0.39 is 22.5 Å². The Hall–Kier alpha value is 0.383. The van der Waals surface area contributed by atoms with Gasteiger partial charge in [-0.05, 0) is 0 Å². The van der Waals surface area contributed by atoms with E-state index in [4.69, 9.17) is 4.55 Å². The van der Waals surface area contributed by atoms with E-state index in [0.29, 0.717) is 0 Å². The fraction of sp³-hybridized carbons (Fsp3) is 1.00. The molecule has 0 aliphatic rings. The molecule has 0 heterocycles. The fourth-order valence-electron chi connectivity index (χ4n) is 0.0990. The summed E-state index contributed by atoms with van der Waals surface area (Å²) in [5, 5.41) is -5.53. The van der Waals surface area contributed by atoms with Crippen molar-refractivity contribution in [3.05, 3.63) is 0 Å². The van der Waals surface area contributed by atoms with Crippen LogP contribution in [-0.4, -0.2) is 20.2 Å². The summed E-state index contributed by atoms with van der Waals surface area (Å²) in [6.45, 7) is 0. The van der Waals surface area contributed by atoms with Crippen molar-refractivity contribution >= 4 is 11.1 Å². The first-order valence-electron chi connectivity index (χ1n) is 1.75. The smallest absolute Gasteiger partial charge is 0.301 e. The van der Waals surface area contributed by atoms with Crippen LogP contribution in [0, 0.1) is 0 Å². The van der Waals surface area contributed by atoms with E-state index in [-0.39, 0.29) is 19.5 Å². The van der Waals surface area contributed by atoms with Crippen LogP contribution < -0.4 is 0 Å². The predicted molar refractivity (Wildman–Crippen MR) is 21.8 cm³/mol. The Kier molecular flexibility index (Phi) is 4.90. The van der Waals surface area contributed by atoms with E-state index in [0.717, 1.165) is 0 Å². The van der Waals surface area contributed by atoms with Crippen LogP contribution in [0.2, 0.25) is 0 Å². The topological polar surface area (TPSA) is 37.3 Å². The van der Waals surface area contributed by atoms with Crippen LogP contribution in [0.3, 0.4) is 0 Å². The maximum atomic E-state index is 11.4. The molecular weight excluding hydrogens is 248 g/mol. The molecule has 0 bridgehead atoms. The zero-order valence-electron chi connectivity index (χ0n) is 4.86. The van der Waals surface area contributed by atoms with Gasteiger partial charge in [0.2, 0.25) is 11.1 Å². The van der Waals surface area contributed by atoms with Gasteiger partial charge in [-0.2, -0.15) is 22.0 Å². The van der Waals surface area contributed by atoms with Crippen molar-refractivity contribution in [1.82, 2.24) is 0 Å². The van der Waals surface area contributed by atoms with Crippen LogP contribution in [0.4, 0.5) is 22.0 Å². The van der Waals surface area contributed by atoms with E-state index in [1.165, 1.54) is 0 Å². The van der Waals surface area contributed by atoms with Crippen molar-refractivity contribution in [2.24, 2.45) is 0 Å². The monoisotopic (exact) mass is 248 g/mol. The van der Waals surface area contributed by atoms with Gasteiger partial charge in [-0.1, -0.05) is 0 Å². The van der Waals surface area contributed by atoms with Crippen molar-refractivity contribution in [1.29, 1.82) is 0 Å². The summed E-state index contributed by atoms with van der Waals surface area (Å²) in [4.78, 5) is 0. The van der Waals surface area contributed by atoms with Crippen molar-refractivity contribution in [2.45, 2.75) is 11.4 Å². The second-order valence-corrected chi connectivity index (χ2v) is 2.27. The molecule has 9 heteroatoms. The van der Waals surface area contributed by atoms with Gasteiger partial charge < -0.3 is 4.55 Å². The number of rotatable bonds is 1. The summed E-state index contributed by atoms with van der Waals surface area (Å²) in [6, 6.07) is 0. The minimum Gasteiger partial charge on any atom is -0.301 e. The molecule has 1 N–H and O–H groups in total. The summed E-state index contributed by atoms with van der Waals surface area (Å²) in [5.41, 5.74) is 0. The van der Waals surface area contributed by atoms with Crippen LogP contribution in [0.1, 0.15) is 0 Å². The largest absolute Gasteiger partial charge is 0.469 e. The third kappa shape index (κ3) is 3.08. The van der Waals surface area contributed by atoms with Crippen molar-refractivity contribution < 1.29 is 50.2 Å². The first-order chi connectivity index (χ1) is 4.19. The summed E-state index contributed by atoms with van der Waals surface area (Å²) in [6.07, 6.45) is -5.97. The Morgan fingerprint density at radius 3 is 1.36 bits per heavy atom. The van der Waals surface area contributed by atoms with E-state index >= 15 is 0 Å². The SMILES string of the molecule is O=S(O)C(F)(F)C(F)(F)F.[Zn]. The first-order valence-corrected chi connectivity index (χ1v) is 2.86. The summed E-state index contributed by atoms with van der Waals surface area (Å²) in [7, 11) is 0. The van der Waals surface area contributed by atoms with Gasteiger partial charge in [-0.15, -0.1) is 0 Å². The van der Waals surface area contributed by atoms with Crippen LogP contribution >= 0.6 is 0 Å². The zero-order valence-corrected chi connectivity index (χ0v) is 8.64. The number of hydrogen-bond donors (Lipinski definition) is 1. The van der Waals surface area contributed by atoms with Gasteiger partial charge in [0.25, 0.3) is 0 Å². The number of hydrogen-bond acceptors (Lipinski definition) is 1. The Morgan fingerprint density at radius 2 is 1.36 bits per heavy atom. The van der Waals surface area contributed by atoms with Gasteiger partial charge in [-0.3, -0.25) is 0 Å². The maximum Gasteiger partial charge on any atom is 0.469 e. The molecule has 11 heavy (non-hydrogen) atoms. The Morgan fingerprint density at radius 1 is 1.09 bits per heavy atom. The molecule has 0 fully saturated rings. The molecule has 1 atom stereocenters. The molecule has 0 aliphatic heterocycles. The summed E-state index contributed by atoms with van der Waals surface area (Å²) in [5.74, 6) is 0. The molecule has 64 valence electrons. The quantitative estimate of drug-likeness (QED) is 0.433. The van der Waals surface area contributed by atoms with Crippen molar-refractivity contribution in [2.75, 3.05) is 0 Å². The van der Waals surface area contributed by atoms with Crippen molar-refractivity contribution in [3.63, 3.8) is 0 Å². The van der Waals surface area contributed by atoms with E-state index in [1.807, 2.05) is 0 Å². The molecular formula is C2HF5O2SZn. The number of halogens is 5. The van der Waals surface area contributed by atoms with E-state index in [9.17, 15) is 26.2 Å². The Labute approximate surface area is 73.2 Å². The van der Waals surface area contributed by atoms with Crippen LogP contribution in [-0.2, 0) is 30.6 Å². The molecule has 0 saturated carbocycles. The molecule has 0 saturated heterocycles. The van der Waals surface area contributed by atoms with Crippen LogP contribution in [0.15, 0.2) is 0 Å². The maximum absolute atomic E-state index is 11.4. The fourth-order valence-corrected chi connectivity index (χ4v) is 0.297. The van der Waals surface area contributed by atoms with Gasteiger partial charge in [-0.25, -0.2) is 4.21 Å². The van der Waals surface area contributed by atoms with Gasteiger partial charge in [0, 0.05) is 19.5 Å². The zero-order chi connectivity index (χ0) is 8.58. The molecule has 0 aromatic carbocycles. The van der Waals surface area contributed by atoms with Crippen molar-refractivity contribution in [3.8, 4) is 0 Å². The van der Waals surface area contributed by atoms with Crippen LogP contribution in [0.5, 0.6) is 0 Å². The van der Waals surface area contributed by atoms with E-state index in [1.54, 1.807) is 0 Å². The average Bonchev–Trinajstić information content (AvgIpc) is 1.62. The molecule has 0 radical (unpaired) electrons. The Bertz CT molecular complexity index is 155. The summed E-state index contributed by atoms with van der Waals surface area (Å²) < 4.78 is 72.4. The molecule has 0 aromatic heterocycles. The second kappa shape index (κ2) is 3.86. The van der Waals surface area contributed by atoms with E-state index in [2.05, 4.69) is 0 Å². The van der Waals surface area contributed by atoms with Gasteiger partial charge in [0.05, 0.1) is 0 Å². The van der Waals surface area contributed by atoms with Crippen LogP contribution in [0.25, 0.3) is 0 Å². The van der Waals surface area contributed by atoms with Gasteiger partial charge >= 0.3 is 11.4 Å². The standard InChI is InChI=1S/C2HF5O2S.Zn/c3-1(4,5)2(6,7)10(8)9;/h(H,8,9);. The summed E-state index contributed by atoms with van der Waals surface area (Å²) >= 11 is -4.20. The molecule has 0 aromatic rings. The molecule has 0 amide bonds. The van der Waals surface area contributed by atoms with Gasteiger partial charge in [0.1, 0.15) is 0 Å². The van der Waals surface area contributed by atoms with Gasteiger partial charge in [0.15, 0.2) is 0 Å². The molecule has 0 spiro atoms. The number of alkyl halides is 5. The predicted octanol–water partition coefficient (Wildman–Crippen LogP) is 1.36. The normalized spacial score (nSPS) is 15.5.